The van der Waals surface area contributed by atoms with Crippen LogP contribution in [0.5, 0.6) is 0 Å². The van der Waals surface area contributed by atoms with Gasteiger partial charge in [-0.2, -0.15) is 0 Å². The van der Waals surface area contributed by atoms with Crippen molar-refractivity contribution in [2.24, 2.45) is 0 Å². The molecule has 0 bridgehead atoms. The maximum Gasteiger partial charge on any atom is 0.00937 e. The van der Waals surface area contributed by atoms with E-state index in [0.717, 1.165) is 12.6 Å². The highest BCUT2D eigenvalue weighted by atomic mass is 15.1. The number of nitrogens with one attached hydrogen (secondary N) is 2. The van der Waals surface area contributed by atoms with Crippen LogP contribution in [0.15, 0.2) is 0 Å². The Balaban J connectivity index is 2.03. The molecule has 0 atom stereocenters. The van der Waals surface area contributed by atoms with Crippen molar-refractivity contribution in [1.29, 1.82) is 0 Å². The zero-order valence-corrected chi connectivity index (χ0v) is 11.3. The molecule has 96 valence electrons. The summed E-state index contributed by atoms with van der Waals surface area (Å²) in [6.07, 6.45) is 3.93. The molecule has 0 aromatic rings. The van der Waals surface area contributed by atoms with Gasteiger partial charge in [-0.15, -0.1) is 0 Å². The summed E-state index contributed by atoms with van der Waals surface area (Å²) in [6, 6.07) is 1.38. The molecule has 1 saturated heterocycles. The highest BCUT2D eigenvalue weighted by molar-refractivity contribution is 4.78. The fraction of sp³-hybridized carbons (Fsp3) is 1.00. The van der Waals surface area contributed by atoms with Crippen LogP contribution in [0, 0.1) is 0 Å². The standard InChI is InChI=1S/C13H29N3/c1-4-14-8-5-9-16-10-6-13(7-11-16)15-12(2)3/h12-15H,4-11H2,1-3H3. The van der Waals surface area contributed by atoms with Crippen LogP contribution >= 0.6 is 0 Å². The lowest BCUT2D eigenvalue weighted by Gasteiger charge is -2.33. The fourth-order valence-corrected chi connectivity index (χ4v) is 2.40. The monoisotopic (exact) mass is 227 g/mol. The predicted octanol–water partition coefficient (Wildman–Crippen LogP) is 1.45. The maximum absolute atomic E-state index is 3.64. The average Bonchev–Trinajstić information content (AvgIpc) is 2.26. The van der Waals surface area contributed by atoms with Gasteiger partial charge in [0, 0.05) is 12.1 Å². The molecule has 3 heteroatoms. The van der Waals surface area contributed by atoms with Crippen LogP contribution in [0.2, 0.25) is 0 Å². The third-order valence-corrected chi connectivity index (χ3v) is 3.23. The van der Waals surface area contributed by atoms with Crippen LogP contribution in [0.3, 0.4) is 0 Å². The normalized spacial score (nSPS) is 19.5. The molecule has 0 saturated carbocycles. The highest BCUT2D eigenvalue weighted by Gasteiger charge is 2.18. The van der Waals surface area contributed by atoms with E-state index in [9.17, 15) is 0 Å². The Morgan fingerprint density at radius 2 is 1.94 bits per heavy atom. The summed E-state index contributed by atoms with van der Waals surface area (Å²) in [5.74, 6) is 0. The van der Waals surface area contributed by atoms with Gasteiger partial charge in [0.05, 0.1) is 0 Å². The molecular formula is C13H29N3. The molecule has 1 rings (SSSR count). The van der Waals surface area contributed by atoms with Gasteiger partial charge in [-0.25, -0.2) is 0 Å². The minimum absolute atomic E-state index is 0.630. The molecule has 16 heavy (non-hydrogen) atoms. The maximum atomic E-state index is 3.64. The molecule has 3 nitrogen and oxygen atoms in total. The zero-order chi connectivity index (χ0) is 11.8. The van der Waals surface area contributed by atoms with Crippen molar-refractivity contribution in [2.45, 2.75) is 52.1 Å². The van der Waals surface area contributed by atoms with Crippen molar-refractivity contribution in [3.63, 3.8) is 0 Å². The summed E-state index contributed by atoms with van der Waals surface area (Å²) in [5.41, 5.74) is 0. The van der Waals surface area contributed by atoms with E-state index in [2.05, 4.69) is 36.3 Å². The second kappa shape index (κ2) is 8.04. The second-order valence-corrected chi connectivity index (χ2v) is 5.14. The number of rotatable bonds is 7. The van der Waals surface area contributed by atoms with E-state index in [1.807, 2.05) is 0 Å². The first-order chi connectivity index (χ1) is 7.72. The number of hydrogen-bond donors (Lipinski definition) is 2. The van der Waals surface area contributed by atoms with Gasteiger partial charge in [0.1, 0.15) is 0 Å². The number of piperidine rings is 1. The van der Waals surface area contributed by atoms with Crippen LogP contribution in [0.4, 0.5) is 0 Å². The van der Waals surface area contributed by atoms with Gasteiger partial charge in [0.25, 0.3) is 0 Å². The fourth-order valence-electron chi connectivity index (χ4n) is 2.40. The lowest BCUT2D eigenvalue weighted by molar-refractivity contribution is 0.191. The Bertz CT molecular complexity index is 163. The van der Waals surface area contributed by atoms with Crippen molar-refractivity contribution in [3.05, 3.63) is 0 Å². The molecule has 0 amide bonds. The minimum Gasteiger partial charge on any atom is -0.317 e. The molecule has 1 aliphatic rings. The van der Waals surface area contributed by atoms with Gasteiger partial charge in [-0.1, -0.05) is 20.8 Å². The van der Waals surface area contributed by atoms with Crippen molar-refractivity contribution < 1.29 is 0 Å². The summed E-state index contributed by atoms with van der Waals surface area (Å²) < 4.78 is 0. The average molecular weight is 227 g/mol. The highest BCUT2D eigenvalue weighted by Crippen LogP contribution is 2.10. The van der Waals surface area contributed by atoms with Crippen molar-refractivity contribution in [1.82, 2.24) is 15.5 Å². The van der Waals surface area contributed by atoms with Crippen molar-refractivity contribution >= 4 is 0 Å². The Morgan fingerprint density at radius 1 is 1.25 bits per heavy atom. The zero-order valence-electron chi connectivity index (χ0n) is 11.3. The topological polar surface area (TPSA) is 27.3 Å². The van der Waals surface area contributed by atoms with E-state index in [1.54, 1.807) is 0 Å². The summed E-state index contributed by atoms with van der Waals surface area (Å²) in [5, 5.41) is 7.02. The molecule has 1 fully saturated rings. The van der Waals surface area contributed by atoms with E-state index < -0.39 is 0 Å². The van der Waals surface area contributed by atoms with E-state index >= 15 is 0 Å². The van der Waals surface area contributed by atoms with Crippen molar-refractivity contribution in [3.8, 4) is 0 Å². The Labute approximate surface area is 101 Å². The van der Waals surface area contributed by atoms with Gasteiger partial charge >= 0.3 is 0 Å². The summed E-state index contributed by atoms with van der Waals surface area (Å²) in [7, 11) is 0. The Kier molecular flexibility index (Phi) is 7.01. The summed E-state index contributed by atoms with van der Waals surface area (Å²) in [4.78, 5) is 2.61. The molecule has 0 unspecified atom stereocenters. The van der Waals surface area contributed by atoms with Gasteiger partial charge < -0.3 is 15.5 Å². The van der Waals surface area contributed by atoms with Crippen molar-refractivity contribution in [2.75, 3.05) is 32.7 Å². The first-order valence-corrected chi connectivity index (χ1v) is 6.91. The van der Waals surface area contributed by atoms with Crippen LogP contribution in [0.25, 0.3) is 0 Å². The van der Waals surface area contributed by atoms with Crippen LogP contribution in [-0.2, 0) is 0 Å². The van der Waals surface area contributed by atoms with Gasteiger partial charge in [-0.05, 0) is 52.0 Å². The molecule has 1 heterocycles. The molecule has 0 aromatic heterocycles. The quantitative estimate of drug-likeness (QED) is 0.645. The Hall–Kier alpha value is -0.120. The van der Waals surface area contributed by atoms with E-state index in [0.29, 0.717) is 6.04 Å². The number of hydrogen-bond acceptors (Lipinski definition) is 3. The lowest BCUT2D eigenvalue weighted by atomic mass is 10.0. The third-order valence-electron chi connectivity index (χ3n) is 3.23. The van der Waals surface area contributed by atoms with Gasteiger partial charge in [-0.3, -0.25) is 0 Å². The van der Waals surface area contributed by atoms with E-state index in [1.165, 1.54) is 45.4 Å². The van der Waals surface area contributed by atoms with Crippen LogP contribution in [0.1, 0.15) is 40.0 Å². The number of nitrogens with zero attached hydrogens (tertiary/aromatic N) is 1. The summed E-state index contributed by atoms with van der Waals surface area (Å²) >= 11 is 0. The molecule has 2 N–H and O–H groups in total. The smallest absolute Gasteiger partial charge is 0.00937 e. The first kappa shape index (κ1) is 13.9. The van der Waals surface area contributed by atoms with E-state index in [-0.39, 0.29) is 0 Å². The molecule has 0 spiro atoms. The third kappa shape index (κ3) is 5.83. The van der Waals surface area contributed by atoms with Crippen LogP contribution in [-0.4, -0.2) is 49.7 Å². The van der Waals surface area contributed by atoms with Crippen LogP contribution < -0.4 is 10.6 Å². The first-order valence-electron chi connectivity index (χ1n) is 6.91. The molecule has 0 radical (unpaired) electrons. The van der Waals surface area contributed by atoms with Gasteiger partial charge in [0.2, 0.25) is 0 Å². The molecular weight excluding hydrogens is 198 g/mol. The Morgan fingerprint density at radius 3 is 2.50 bits per heavy atom. The molecule has 0 aromatic carbocycles. The predicted molar refractivity (Wildman–Crippen MR) is 70.9 cm³/mol. The minimum atomic E-state index is 0.630. The lowest BCUT2D eigenvalue weighted by Crippen LogP contribution is -2.45. The molecule has 1 aliphatic heterocycles. The SMILES string of the molecule is CCNCCCN1CCC(NC(C)C)CC1. The summed E-state index contributed by atoms with van der Waals surface area (Å²) in [6.45, 7) is 12.7. The van der Waals surface area contributed by atoms with Gasteiger partial charge in [0.15, 0.2) is 0 Å². The number of likely N-dealkylation sites (tertiary alicyclic amines) is 1. The molecule has 0 aliphatic carbocycles. The van der Waals surface area contributed by atoms with E-state index in [4.69, 9.17) is 0 Å². The second-order valence-electron chi connectivity index (χ2n) is 5.14. The largest absolute Gasteiger partial charge is 0.317 e.